The van der Waals surface area contributed by atoms with E-state index in [1.165, 1.54) is 5.56 Å². The van der Waals surface area contributed by atoms with Gasteiger partial charge >= 0.3 is 0 Å². The Bertz CT molecular complexity index is 407. The first kappa shape index (κ1) is 14.5. The molecule has 0 saturated carbocycles. The highest BCUT2D eigenvalue weighted by atomic mass is 79.9. The summed E-state index contributed by atoms with van der Waals surface area (Å²) < 4.78 is 7.08. The van der Waals surface area contributed by atoms with Crippen LogP contribution in [0.15, 0.2) is 28.7 Å². The molecule has 1 aliphatic rings. The van der Waals surface area contributed by atoms with Crippen molar-refractivity contribution in [2.75, 3.05) is 0 Å². The number of halogens is 2. The molecule has 1 nitrogen and oxygen atoms in total. The van der Waals surface area contributed by atoms with Crippen molar-refractivity contribution in [3.63, 3.8) is 0 Å². The van der Waals surface area contributed by atoms with Gasteiger partial charge in [-0.3, -0.25) is 0 Å². The molecular weight excluding hydrogens is 356 g/mol. The van der Waals surface area contributed by atoms with Gasteiger partial charge in [0.15, 0.2) is 0 Å². The second-order valence-electron chi connectivity index (χ2n) is 5.33. The van der Waals surface area contributed by atoms with Crippen LogP contribution >= 0.6 is 31.9 Å². The molecule has 100 valence electrons. The summed E-state index contributed by atoms with van der Waals surface area (Å²) in [7, 11) is 0. The Morgan fingerprint density at radius 3 is 2.50 bits per heavy atom. The molecule has 0 amide bonds. The van der Waals surface area contributed by atoms with E-state index in [0.717, 1.165) is 10.9 Å². The Balaban J connectivity index is 2.06. The van der Waals surface area contributed by atoms with Gasteiger partial charge in [0.2, 0.25) is 0 Å². The van der Waals surface area contributed by atoms with Crippen molar-refractivity contribution < 1.29 is 4.74 Å². The summed E-state index contributed by atoms with van der Waals surface area (Å²) in [6.07, 6.45) is 1.76. The minimum atomic E-state index is 0.339. The summed E-state index contributed by atoms with van der Waals surface area (Å²) in [6, 6.07) is 8.55. The molecule has 0 bridgehead atoms. The SMILES string of the molecule is CC1OC(C)C(C(Br)Cc2cccc(Br)c2)C1C. The van der Waals surface area contributed by atoms with Gasteiger partial charge in [-0.05, 0) is 43.9 Å². The first-order chi connectivity index (χ1) is 8.49. The van der Waals surface area contributed by atoms with Gasteiger partial charge in [-0.25, -0.2) is 0 Å². The number of benzene rings is 1. The molecule has 1 aromatic rings. The smallest absolute Gasteiger partial charge is 0.0593 e. The Labute approximate surface area is 127 Å². The quantitative estimate of drug-likeness (QED) is 0.688. The molecule has 18 heavy (non-hydrogen) atoms. The second kappa shape index (κ2) is 6.06. The average Bonchev–Trinajstić information content (AvgIpc) is 2.53. The van der Waals surface area contributed by atoms with Crippen LogP contribution in [0.2, 0.25) is 0 Å². The summed E-state index contributed by atoms with van der Waals surface area (Å²) in [4.78, 5) is 0.474. The van der Waals surface area contributed by atoms with E-state index in [4.69, 9.17) is 4.74 Å². The van der Waals surface area contributed by atoms with E-state index < -0.39 is 0 Å². The number of hydrogen-bond acceptors (Lipinski definition) is 1. The lowest BCUT2D eigenvalue weighted by Gasteiger charge is -2.24. The highest BCUT2D eigenvalue weighted by molar-refractivity contribution is 9.10. The zero-order valence-corrected chi connectivity index (χ0v) is 14.2. The third kappa shape index (κ3) is 3.17. The zero-order valence-electron chi connectivity index (χ0n) is 11.1. The molecule has 1 aliphatic heterocycles. The van der Waals surface area contributed by atoms with Gasteiger partial charge in [0.25, 0.3) is 0 Å². The van der Waals surface area contributed by atoms with Crippen LogP contribution in [0, 0.1) is 11.8 Å². The minimum absolute atomic E-state index is 0.339. The number of alkyl halides is 1. The van der Waals surface area contributed by atoms with Crippen molar-refractivity contribution in [1.82, 2.24) is 0 Å². The van der Waals surface area contributed by atoms with Gasteiger partial charge in [0.05, 0.1) is 12.2 Å². The van der Waals surface area contributed by atoms with E-state index in [1.807, 2.05) is 0 Å². The van der Waals surface area contributed by atoms with E-state index in [-0.39, 0.29) is 0 Å². The summed E-state index contributed by atoms with van der Waals surface area (Å²) >= 11 is 7.41. The topological polar surface area (TPSA) is 9.23 Å². The fourth-order valence-corrected chi connectivity index (χ4v) is 4.67. The number of ether oxygens (including phenoxy) is 1. The van der Waals surface area contributed by atoms with Gasteiger partial charge in [-0.1, -0.05) is 50.9 Å². The van der Waals surface area contributed by atoms with Gasteiger partial charge < -0.3 is 4.74 Å². The van der Waals surface area contributed by atoms with Crippen LogP contribution in [0.3, 0.4) is 0 Å². The minimum Gasteiger partial charge on any atom is -0.375 e. The van der Waals surface area contributed by atoms with Crippen LogP contribution in [-0.2, 0) is 11.2 Å². The van der Waals surface area contributed by atoms with Gasteiger partial charge in [-0.15, -0.1) is 0 Å². The molecule has 1 aromatic carbocycles. The van der Waals surface area contributed by atoms with Crippen LogP contribution in [0.5, 0.6) is 0 Å². The van der Waals surface area contributed by atoms with E-state index in [1.54, 1.807) is 0 Å². The van der Waals surface area contributed by atoms with Crippen molar-refractivity contribution in [3.8, 4) is 0 Å². The molecule has 1 saturated heterocycles. The lowest BCUT2D eigenvalue weighted by atomic mass is 9.85. The summed E-state index contributed by atoms with van der Waals surface area (Å²) in [5, 5.41) is 0. The van der Waals surface area contributed by atoms with Crippen LogP contribution in [0.4, 0.5) is 0 Å². The highest BCUT2D eigenvalue weighted by Crippen LogP contribution is 2.38. The van der Waals surface area contributed by atoms with Gasteiger partial charge in [0.1, 0.15) is 0 Å². The number of rotatable bonds is 3. The maximum Gasteiger partial charge on any atom is 0.0593 e. The molecule has 3 heteroatoms. The summed E-state index contributed by atoms with van der Waals surface area (Å²) in [5.74, 6) is 1.19. The van der Waals surface area contributed by atoms with E-state index in [2.05, 4.69) is 76.9 Å². The maximum absolute atomic E-state index is 5.93. The molecule has 1 heterocycles. The Kier molecular flexibility index (Phi) is 4.90. The predicted molar refractivity (Wildman–Crippen MR) is 83.2 cm³/mol. The van der Waals surface area contributed by atoms with Crippen molar-refractivity contribution >= 4 is 31.9 Å². The normalized spacial score (nSPS) is 33.6. The third-order valence-electron chi connectivity index (χ3n) is 4.06. The van der Waals surface area contributed by atoms with E-state index in [9.17, 15) is 0 Å². The molecule has 0 radical (unpaired) electrons. The second-order valence-corrected chi connectivity index (χ2v) is 7.42. The largest absolute Gasteiger partial charge is 0.375 e. The van der Waals surface area contributed by atoms with E-state index in [0.29, 0.717) is 28.9 Å². The van der Waals surface area contributed by atoms with Crippen molar-refractivity contribution in [1.29, 1.82) is 0 Å². The average molecular weight is 376 g/mol. The van der Waals surface area contributed by atoms with Crippen molar-refractivity contribution in [3.05, 3.63) is 34.3 Å². The molecule has 0 N–H and O–H groups in total. The Morgan fingerprint density at radius 2 is 1.94 bits per heavy atom. The van der Waals surface area contributed by atoms with Gasteiger partial charge in [0, 0.05) is 15.2 Å². The van der Waals surface area contributed by atoms with Crippen LogP contribution in [0.1, 0.15) is 26.3 Å². The summed E-state index contributed by atoms with van der Waals surface area (Å²) in [6.45, 7) is 6.67. The summed E-state index contributed by atoms with van der Waals surface area (Å²) in [5.41, 5.74) is 1.37. The van der Waals surface area contributed by atoms with Crippen LogP contribution in [-0.4, -0.2) is 17.0 Å². The first-order valence-corrected chi connectivity index (χ1v) is 8.24. The van der Waals surface area contributed by atoms with E-state index >= 15 is 0 Å². The maximum atomic E-state index is 5.93. The molecule has 2 rings (SSSR count). The lowest BCUT2D eigenvalue weighted by molar-refractivity contribution is 0.0511. The molecule has 1 fully saturated rings. The Hall–Kier alpha value is 0.140. The van der Waals surface area contributed by atoms with Crippen LogP contribution in [0.25, 0.3) is 0 Å². The monoisotopic (exact) mass is 374 g/mol. The van der Waals surface area contributed by atoms with Crippen molar-refractivity contribution in [2.24, 2.45) is 11.8 Å². The molecule has 0 aliphatic carbocycles. The highest BCUT2D eigenvalue weighted by Gasteiger charge is 2.40. The molecule has 5 unspecified atom stereocenters. The standard InChI is InChI=1S/C15H20Br2O/c1-9-10(2)18-11(3)15(9)14(17)8-12-5-4-6-13(16)7-12/h4-7,9-11,14-15H,8H2,1-3H3. The zero-order chi connectivity index (χ0) is 13.3. The first-order valence-electron chi connectivity index (χ1n) is 6.53. The molecular formula is C15H20Br2O. The molecule has 0 spiro atoms. The lowest BCUT2D eigenvalue weighted by Crippen LogP contribution is -2.28. The fourth-order valence-electron chi connectivity index (χ4n) is 2.94. The molecule has 5 atom stereocenters. The Morgan fingerprint density at radius 1 is 1.22 bits per heavy atom. The molecule has 0 aromatic heterocycles. The predicted octanol–water partition coefficient (Wildman–Crippen LogP) is 4.81. The fraction of sp³-hybridized carbons (Fsp3) is 0.600. The van der Waals surface area contributed by atoms with Crippen LogP contribution < -0.4 is 0 Å². The van der Waals surface area contributed by atoms with Gasteiger partial charge in [-0.2, -0.15) is 0 Å². The number of hydrogen-bond donors (Lipinski definition) is 0. The third-order valence-corrected chi connectivity index (χ3v) is 5.48. The van der Waals surface area contributed by atoms with Crippen molar-refractivity contribution in [2.45, 2.75) is 44.2 Å².